The minimum absolute atomic E-state index is 0.127. The van der Waals surface area contributed by atoms with Gasteiger partial charge in [0, 0.05) is 41.2 Å². The quantitative estimate of drug-likeness (QED) is 0.490. The van der Waals surface area contributed by atoms with E-state index in [0.717, 1.165) is 5.56 Å². The molecule has 0 saturated heterocycles. The van der Waals surface area contributed by atoms with E-state index >= 15 is 0 Å². The van der Waals surface area contributed by atoms with Crippen LogP contribution in [0.4, 0.5) is 11.8 Å². The Hall–Kier alpha value is -4.39. The lowest BCUT2D eigenvalue weighted by atomic mass is 10.00. The van der Waals surface area contributed by atoms with Crippen molar-refractivity contribution in [2.75, 3.05) is 25.3 Å². The maximum atomic E-state index is 9.60. The van der Waals surface area contributed by atoms with Crippen molar-refractivity contribution in [2.45, 2.75) is 19.9 Å². The van der Waals surface area contributed by atoms with Crippen LogP contribution < -0.4 is 20.5 Å². The van der Waals surface area contributed by atoms with Crippen molar-refractivity contribution in [3.63, 3.8) is 0 Å². The number of carbonyl (C=O) groups is 1. The van der Waals surface area contributed by atoms with Crippen molar-refractivity contribution in [3.8, 4) is 40.0 Å². The standard InChI is InChI=1S/C21H22N6O2.CH2O2/c1-12(2)26-21-24-10-13(11-25-21)16-8-18(27-20(23)17(16)9-22)15-6-5-14(28-3)7-19(15)29-4;2-1-3/h5-8,10-12H,1-4H3,(H2,23,27)(H,24,25,26);1H,(H,2,3). The molecular formula is C22H24N6O4. The van der Waals surface area contributed by atoms with Crippen LogP contribution >= 0.6 is 0 Å². The molecule has 10 nitrogen and oxygen atoms in total. The molecule has 0 unspecified atom stereocenters. The van der Waals surface area contributed by atoms with E-state index in [-0.39, 0.29) is 23.9 Å². The number of ether oxygens (including phenoxy) is 2. The first-order valence-corrected chi connectivity index (χ1v) is 9.48. The Morgan fingerprint density at radius 1 is 1.16 bits per heavy atom. The van der Waals surface area contributed by atoms with Crippen LogP contribution in [0, 0.1) is 11.3 Å². The first-order valence-electron chi connectivity index (χ1n) is 9.48. The van der Waals surface area contributed by atoms with E-state index in [1.54, 1.807) is 38.7 Å². The van der Waals surface area contributed by atoms with Gasteiger partial charge in [-0.05, 0) is 32.0 Å². The van der Waals surface area contributed by atoms with Gasteiger partial charge in [-0.2, -0.15) is 5.26 Å². The molecule has 2 heterocycles. The molecule has 0 bridgehead atoms. The largest absolute Gasteiger partial charge is 0.497 e. The third kappa shape index (κ3) is 5.60. The number of hydrogen-bond donors (Lipinski definition) is 3. The van der Waals surface area contributed by atoms with E-state index in [1.807, 2.05) is 26.0 Å². The third-order valence-corrected chi connectivity index (χ3v) is 4.22. The van der Waals surface area contributed by atoms with Crippen molar-refractivity contribution in [1.29, 1.82) is 5.26 Å². The number of rotatable bonds is 6. The summed E-state index contributed by atoms with van der Waals surface area (Å²) in [5, 5.41) is 19.6. The Morgan fingerprint density at radius 2 is 1.81 bits per heavy atom. The second-order valence-electron chi connectivity index (χ2n) is 6.69. The van der Waals surface area contributed by atoms with Gasteiger partial charge in [-0.3, -0.25) is 4.79 Å². The number of nitrogen functional groups attached to an aromatic ring is 1. The number of pyridine rings is 1. The minimum Gasteiger partial charge on any atom is -0.497 e. The summed E-state index contributed by atoms with van der Waals surface area (Å²) in [6.45, 7) is 3.76. The number of nitrogens with zero attached hydrogens (tertiary/aromatic N) is 4. The van der Waals surface area contributed by atoms with Gasteiger partial charge in [-0.1, -0.05) is 0 Å². The van der Waals surface area contributed by atoms with Gasteiger partial charge in [0.05, 0.1) is 19.9 Å². The molecule has 0 radical (unpaired) electrons. The van der Waals surface area contributed by atoms with Gasteiger partial charge in [-0.25, -0.2) is 15.0 Å². The summed E-state index contributed by atoms with van der Waals surface area (Å²) in [6, 6.07) is 9.53. The van der Waals surface area contributed by atoms with Crippen LogP contribution in [-0.4, -0.2) is 46.8 Å². The number of nitrogens with two attached hydrogens (primary N) is 1. The van der Waals surface area contributed by atoms with Gasteiger partial charge in [0.25, 0.3) is 6.47 Å². The zero-order valence-electron chi connectivity index (χ0n) is 18.2. The number of aromatic nitrogens is 3. The minimum atomic E-state index is -0.250. The number of methoxy groups -OCH3 is 2. The van der Waals surface area contributed by atoms with Gasteiger partial charge in [-0.15, -0.1) is 0 Å². The van der Waals surface area contributed by atoms with E-state index in [0.29, 0.717) is 34.3 Å². The average molecular weight is 436 g/mol. The van der Waals surface area contributed by atoms with Crippen molar-refractivity contribution < 1.29 is 19.4 Å². The molecule has 0 aliphatic heterocycles. The summed E-state index contributed by atoms with van der Waals surface area (Å²) in [7, 11) is 3.16. The lowest BCUT2D eigenvalue weighted by molar-refractivity contribution is -0.122. The van der Waals surface area contributed by atoms with Crippen molar-refractivity contribution in [3.05, 3.63) is 42.2 Å². The summed E-state index contributed by atoms with van der Waals surface area (Å²) < 4.78 is 10.7. The summed E-state index contributed by atoms with van der Waals surface area (Å²) in [5.41, 5.74) is 8.93. The number of nitriles is 1. The van der Waals surface area contributed by atoms with Crippen LogP contribution in [0.15, 0.2) is 36.7 Å². The van der Waals surface area contributed by atoms with E-state index in [9.17, 15) is 5.26 Å². The topological polar surface area (TPSA) is 156 Å². The second kappa shape index (κ2) is 11.1. The number of carboxylic acid groups (broad SMARTS) is 1. The van der Waals surface area contributed by atoms with Gasteiger partial charge in [0.2, 0.25) is 5.95 Å². The van der Waals surface area contributed by atoms with Crippen molar-refractivity contribution in [2.24, 2.45) is 0 Å². The first kappa shape index (κ1) is 23.9. The zero-order valence-corrected chi connectivity index (χ0v) is 18.2. The van der Waals surface area contributed by atoms with Crippen molar-refractivity contribution in [1.82, 2.24) is 15.0 Å². The highest BCUT2D eigenvalue weighted by Gasteiger charge is 2.17. The Labute approximate surface area is 185 Å². The van der Waals surface area contributed by atoms with Crippen LogP contribution in [0.3, 0.4) is 0 Å². The molecule has 0 atom stereocenters. The van der Waals surface area contributed by atoms with Crippen LogP contribution in [-0.2, 0) is 4.79 Å². The number of anilines is 2. The normalized spacial score (nSPS) is 9.88. The molecule has 0 fully saturated rings. The van der Waals surface area contributed by atoms with Gasteiger partial charge in [0.15, 0.2) is 0 Å². The fourth-order valence-electron chi connectivity index (χ4n) is 2.86. The number of benzene rings is 1. The van der Waals surface area contributed by atoms with Crippen LogP contribution in [0.1, 0.15) is 19.4 Å². The Kier molecular flexibility index (Phi) is 8.30. The van der Waals surface area contributed by atoms with Gasteiger partial charge in [0.1, 0.15) is 28.9 Å². The summed E-state index contributed by atoms with van der Waals surface area (Å²) in [5.74, 6) is 1.89. The maximum absolute atomic E-state index is 9.60. The summed E-state index contributed by atoms with van der Waals surface area (Å²) >= 11 is 0. The highest BCUT2D eigenvalue weighted by atomic mass is 16.5. The molecule has 0 spiro atoms. The molecule has 0 aliphatic carbocycles. The van der Waals surface area contributed by atoms with Crippen molar-refractivity contribution >= 4 is 18.2 Å². The Bertz CT molecular complexity index is 1110. The Balaban J connectivity index is 0.00000114. The number of hydrogen-bond acceptors (Lipinski definition) is 9. The van der Waals surface area contributed by atoms with E-state index in [2.05, 4.69) is 26.3 Å². The molecule has 3 aromatic rings. The predicted molar refractivity (Wildman–Crippen MR) is 120 cm³/mol. The van der Waals surface area contributed by atoms with Gasteiger partial charge < -0.3 is 25.6 Å². The zero-order chi connectivity index (χ0) is 23.7. The fourth-order valence-corrected chi connectivity index (χ4v) is 2.86. The predicted octanol–water partition coefficient (Wildman–Crippen LogP) is 3.20. The molecule has 166 valence electrons. The van der Waals surface area contributed by atoms with E-state index < -0.39 is 0 Å². The average Bonchev–Trinajstić information content (AvgIpc) is 2.78. The molecular weight excluding hydrogens is 412 g/mol. The highest BCUT2D eigenvalue weighted by Crippen LogP contribution is 2.36. The fraction of sp³-hybridized carbons (Fsp3) is 0.227. The Morgan fingerprint density at radius 3 is 2.34 bits per heavy atom. The highest BCUT2D eigenvalue weighted by molar-refractivity contribution is 5.81. The molecule has 2 aromatic heterocycles. The lowest BCUT2D eigenvalue weighted by Gasteiger charge is -2.13. The second-order valence-corrected chi connectivity index (χ2v) is 6.69. The number of nitrogens with one attached hydrogen (secondary N) is 1. The molecule has 1 aromatic carbocycles. The molecule has 3 rings (SSSR count). The van der Waals surface area contributed by atoms with Crippen LogP contribution in [0.5, 0.6) is 11.5 Å². The van der Waals surface area contributed by atoms with Crippen LogP contribution in [0.2, 0.25) is 0 Å². The van der Waals surface area contributed by atoms with Gasteiger partial charge >= 0.3 is 0 Å². The van der Waals surface area contributed by atoms with E-state index in [4.69, 9.17) is 25.1 Å². The molecule has 10 heteroatoms. The SMILES string of the molecule is COc1ccc(-c2cc(-c3cnc(NC(C)C)nc3)c(C#N)c(N)n2)c(OC)c1.O=CO. The van der Waals surface area contributed by atoms with E-state index in [1.165, 1.54) is 0 Å². The lowest BCUT2D eigenvalue weighted by Crippen LogP contribution is -2.12. The molecule has 0 amide bonds. The smallest absolute Gasteiger partial charge is 0.290 e. The molecule has 32 heavy (non-hydrogen) atoms. The monoisotopic (exact) mass is 436 g/mol. The molecule has 0 saturated carbocycles. The molecule has 0 aliphatic rings. The maximum Gasteiger partial charge on any atom is 0.290 e. The third-order valence-electron chi connectivity index (χ3n) is 4.22. The summed E-state index contributed by atoms with van der Waals surface area (Å²) in [6.07, 6.45) is 3.31. The summed E-state index contributed by atoms with van der Waals surface area (Å²) in [4.78, 5) is 21.4. The molecule has 4 N–H and O–H groups in total. The first-order chi connectivity index (χ1) is 15.4. The van der Waals surface area contributed by atoms with Crippen LogP contribution in [0.25, 0.3) is 22.4 Å².